The minimum atomic E-state index is -0.0455. The summed E-state index contributed by atoms with van der Waals surface area (Å²) in [5.41, 5.74) is 3.48. The molecule has 5 heteroatoms. The maximum Gasteiger partial charge on any atom is 0.216 e. The van der Waals surface area contributed by atoms with Gasteiger partial charge in [0.1, 0.15) is 0 Å². The highest BCUT2D eigenvalue weighted by atomic mass is 16.1. The number of aryl methyl sites for hydroxylation is 1. The maximum atomic E-state index is 11.4. The standard InChI is InChI=1S/C19H29N3O2/c1-4-10-20-12-9-18-14-19(8-7-17(18)5-2)22(15-23)13-6-11-21-16(3)24/h4,7-8,10,14-15,20H,5-6,9,11-13H2,1-3H3,(H,21,24)/b10-4+. The molecule has 0 atom stereocenters. The van der Waals surface area contributed by atoms with Crippen LogP contribution < -0.4 is 15.5 Å². The first-order chi connectivity index (χ1) is 11.6. The van der Waals surface area contributed by atoms with Gasteiger partial charge in [-0.05, 0) is 55.6 Å². The molecule has 0 aliphatic rings. The van der Waals surface area contributed by atoms with Crippen molar-refractivity contribution in [3.63, 3.8) is 0 Å². The Labute approximate surface area is 145 Å². The third-order valence-corrected chi connectivity index (χ3v) is 3.80. The highest BCUT2D eigenvalue weighted by Gasteiger charge is 2.09. The fourth-order valence-electron chi connectivity index (χ4n) is 2.53. The van der Waals surface area contributed by atoms with Crippen molar-refractivity contribution >= 4 is 18.0 Å². The molecule has 0 unspecified atom stereocenters. The summed E-state index contributed by atoms with van der Waals surface area (Å²) in [4.78, 5) is 24.0. The maximum absolute atomic E-state index is 11.4. The molecule has 132 valence electrons. The van der Waals surface area contributed by atoms with Crippen LogP contribution in [-0.2, 0) is 22.4 Å². The van der Waals surface area contributed by atoms with Crippen molar-refractivity contribution in [1.82, 2.24) is 10.6 Å². The molecule has 0 bridgehead atoms. The lowest BCUT2D eigenvalue weighted by Crippen LogP contribution is -2.28. The van der Waals surface area contributed by atoms with Crippen molar-refractivity contribution in [3.8, 4) is 0 Å². The van der Waals surface area contributed by atoms with Crippen molar-refractivity contribution in [2.24, 2.45) is 0 Å². The lowest BCUT2D eigenvalue weighted by atomic mass is 10.0. The van der Waals surface area contributed by atoms with Gasteiger partial charge in [0.15, 0.2) is 0 Å². The van der Waals surface area contributed by atoms with E-state index in [1.807, 2.05) is 25.3 Å². The summed E-state index contributed by atoms with van der Waals surface area (Å²) in [7, 11) is 0. The molecule has 1 aromatic rings. The van der Waals surface area contributed by atoms with Crippen LogP contribution in [0.2, 0.25) is 0 Å². The molecule has 24 heavy (non-hydrogen) atoms. The average Bonchev–Trinajstić information content (AvgIpc) is 2.58. The Balaban J connectivity index is 2.73. The molecule has 2 amide bonds. The van der Waals surface area contributed by atoms with E-state index in [-0.39, 0.29) is 5.91 Å². The largest absolute Gasteiger partial charge is 0.391 e. The lowest BCUT2D eigenvalue weighted by Gasteiger charge is -2.20. The summed E-state index contributed by atoms with van der Waals surface area (Å²) < 4.78 is 0. The molecule has 1 aromatic carbocycles. The predicted molar refractivity (Wildman–Crippen MR) is 99.1 cm³/mol. The van der Waals surface area contributed by atoms with Gasteiger partial charge in [0.25, 0.3) is 0 Å². The molecule has 0 heterocycles. The van der Waals surface area contributed by atoms with Gasteiger partial charge in [0.2, 0.25) is 12.3 Å². The zero-order chi connectivity index (χ0) is 17.8. The molecule has 0 aliphatic heterocycles. The molecule has 0 saturated heterocycles. The van der Waals surface area contributed by atoms with Gasteiger partial charge in [0.05, 0.1) is 0 Å². The summed E-state index contributed by atoms with van der Waals surface area (Å²) in [6.45, 7) is 7.65. The third kappa shape index (κ3) is 6.86. The third-order valence-electron chi connectivity index (χ3n) is 3.80. The molecular weight excluding hydrogens is 302 g/mol. The highest BCUT2D eigenvalue weighted by molar-refractivity contribution is 5.75. The number of hydrogen-bond donors (Lipinski definition) is 2. The van der Waals surface area contributed by atoms with Crippen LogP contribution in [0.4, 0.5) is 5.69 Å². The minimum absolute atomic E-state index is 0.0455. The second-order valence-electron chi connectivity index (χ2n) is 5.65. The van der Waals surface area contributed by atoms with Gasteiger partial charge in [-0.2, -0.15) is 0 Å². The number of carbonyl (C=O) groups excluding carboxylic acids is 2. The fraction of sp³-hybridized carbons (Fsp3) is 0.474. The Bertz CT molecular complexity index is 556. The van der Waals surface area contributed by atoms with Gasteiger partial charge < -0.3 is 15.5 Å². The van der Waals surface area contributed by atoms with Crippen LogP contribution in [0.3, 0.4) is 0 Å². The number of allylic oxidation sites excluding steroid dienone is 1. The van der Waals surface area contributed by atoms with Crippen LogP contribution in [0.25, 0.3) is 0 Å². The summed E-state index contributed by atoms with van der Waals surface area (Å²) in [5.74, 6) is -0.0455. The van der Waals surface area contributed by atoms with E-state index < -0.39 is 0 Å². The van der Waals surface area contributed by atoms with E-state index in [1.165, 1.54) is 18.1 Å². The average molecular weight is 331 g/mol. The van der Waals surface area contributed by atoms with Crippen molar-refractivity contribution < 1.29 is 9.59 Å². The smallest absolute Gasteiger partial charge is 0.216 e. The number of hydrogen-bond acceptors (Lipinski definition) is 3. The Morgan fingerprint density at radius 1 is 1.25 bits per heavy atom. The van der Waals surface area contributed by atoms with Crippen molar-refractivity contribution in [3.05, 3.63) is 41.6 Å². The number of nitrogens with zero attached hydrogens (tertiary/aromatic N) is 1. The van der Waals surface area contributed by atoms with Gasteiger partial charge in [-0.1, -0.05) is 19.1 Å². The van der Waals surface area contributed by atoms with Crippen molar-refractivity contribution in [1.29, 1.82) is 0 Å². The second-order valence-corrected chi connectivity index (χ2v) is 5.65. The van der Waals surface area contributed by atoms with E-state index in [4.69, 9.17) is 0 Å². The van der Waals surface area contributed by atoms with Crippen LogP contribution in [0.15, 0.2) is 30.5 Å². The van der Waals surface area contributed by atoms with Crippen LogP contribution in [0.1, 0.15) is 38.3 Å². The van der Waals surface area contributed by atoms with E-state index in [1.54, 1.807) is 4.90 Å². The first-order valence-electron chi connectivity index (χ1n) is 8.55. The Morgan fingerprint density at radius 3 is 2.67 bits per heavy atom. The normalized spacial score (nSPS) is 10.6. The van der Waals surface area contributed by atoms with Crippen molar-refractivity contribution in [2.45, 2.75) is 40.0 Å². The first-order valence-corrected chi connectivity index (χ1v) is 8.55. The molecule has 0 aromatic heterocycles. The lowest BCUT2D eigenvalue weighted by molar-refractivity contribution is -0.118. The monoisotopic (exact) mass is 331 g/mol. The van der Waals surface area contributed by atoms with Gasteiger partial charge in [-0.15, -0.1) is 0 Å². The molecule has 2 N–H and O–H groups in total. The zero-order valence-corrected chi connectivity index (χ0v) is 15.0. The number of anilines is 1. The minimum Gasteiger partial charge on any atom is -0.391 e. The highest BCUT2D eigenvalue weighted by Crippen LogP contribution is 2.20. The SMILES string of the molecule is C/C=C/NCCc1cc(N(C=O)CCCNC(C)=O)ccc1CC. The van der Waals surface area contributed by atoms with E-state index in [9.17, 15) is 9.59 Å². The topological polar surface area (TPSA) is 61.4 Å². The summed E-state index contributed by atoms with van der Waals surface area (Å²) >= 11 is 0. The zero-order valence-electron chi connectivity index (χ0n) is 15.0. The molecule has 0 aliphatic carbocycles. The molecule has 0 radical (unpaired) electrons. The molecule has 1 rings (SSSR count). The molecule has 0 saturated carbocycles. The first kappa shape index (κ1) is 19.7. The predicted octanol–water partition coefficient (Wildman–Crippen LogP) is 2.40. The van der Waals surface area contributed by atoms with Crippen LogP contribution in [0, 0.1) is 0 Å². The summed E-state index contributed by atoms with van der Waals surface area (Å²) in [6.07, 6.45) is 7.39. The fourth-order valence-corrected chi connectivity index (χ4v) is 2.53. The van der Waals surface area contributed by atoms with Gasteiger partial charge in [-0.3, -0.25) is 9.59 Å². The molecule has 0 spiro atoms. The Kier molecular flexibility index (Phi) is 9.27. The molecular formula is C19H29N3O2. The second kappa shape index (κ2) is 11.3. The molecule has 5 nitrogen and oxygen atoms in total. The van der Waals surface area contributed by atoms with Crippen LogP contribution >= 0.6 is 0 Å². The Morgan fingerprint density at radius 2 is 2.04 bits per heavy atom. The number of carbonyl (C=O) groups is 2. The van der Waals surface area contributed by atoms with E-state index in [0.717, 1.165) is 37.9 Å². The van der Waals surface area contributed by atoms with E-state index >= 15 is 0 Å². The van der Waals surface area contributed by atoms with Gasteiger partial charge in [0, 0.05) is 32.2 Å². The number of benzene rings is 1. The quantitative estimate of drug-likeness (QED) is 0.483. The van der Waals surface area contributed by atoms with Crippen LogP contribution in [-0.4, -0.2) is 32.0 Å². The molecule has 0 fully saturated rings. The van der Waals surface area contributed by atoms with Gasteiger partial charge in [-0.25, -0.2) is 0 Å². The summed E-state index contributed by atoms with van der Waals surface area (Å²) in [6, 6.07) is 6.20. The number of amides is 2. The number of nitrogens with one attached hydrogen (secondary N) is 2. The van der Waals surface area contributed by atoms with Crippen molar-refractivity contribution in [2.75, 3.05) is 24.5 Å². The van der Waals surface area contributed by atoms with E-state index in [0.29, 0.717) is 13.1 Å². The van der Waals surface area contributed by atoms with Crippen LogP contribution in [0.5, 0.6) is 0 Å². The Hall–Kier alpha value is -2.30. The number of rotatable bonds is 11. The van der Waals surface area contributed by atoms with E-state index in [2.05, 4.69) is 29.7 Å². The van der Waals surface area contributed by atoms with Gasteiger partial charge >= 0.3 is 0 Å². The summed E-state index contributed by atoms with van der Waals surface area (Å²) in [5, 5.41) is 6.00.